The van der Waals surface area contributed by atoms with Gasteiger partial charge in [-0.3, -0.25) is 0 Å². The molecule has 0 radical (unpaired) electrons. The van der Waals surface area contributed by atoms with Crippen molar-refractivity contribution in [3.8, 4) is 0 Å². The molecule has 0 aromatic carbocycles. The molecule has 0 saturated carbocycles. The number of likely N-dealkylation sites (N-methyl/N-ethyl adjacent to an activating group) is 1. The molecule has 5 heteroatoms. The van der Waals surface area contributed by atoms with Gasteiger partial charge in [-0.15, -0.1) is 11.3 Å². The maximum atomic E-state index is 4.38. The van der Waals surface area contributed by atoms with Gasteiger partial charge in [0.25, 0.3) is 0 Å². The van der Waals surface area contributed by atoms with Crippen LogP contribution in [0, 0.1) is 13.8 Å². The van der Waals surface area contributed by atoms with E-state index in [2.05, 4.69) is 48.3 Å². The highest BCUT2D eigenvalue weighted by Gasteiger charge is 2.17. The van der Waals surface area contributed by atoms with Gasteiger partial charge in [0.1, 0.15) is 17.0 Å². The smallest absolute Gasteiger partial charge is 0.138 e. The van der Waals surface area contributed by atoms with Crippen molar-refractivity contribution in [1.82, 2.24) is 15.3 Å². The summed E-state index contributed by atoms with van der Waals surface area (Å²) in [5, 5.41) is 7.86. The lowest BCUT2D eigenvalue weighted by molar-refractivity contribution is 0.448. The van der Waals surface area contributed by atoms with Gasteiger partial charge < -0.3 is 10.6 Å². The van der Waals surface area contributed by atoms with Crippen LogP contribution in [0.4, 0.5) is 5.82 Å². The molecule has 0 fully saturated rings. The van der Waals surface area contributed by atoms with E-state index in [1.807, 2.05) is 7.05 Å². The van der Waals surface area contributed by atoms with E-state index in [4.69, 9.17) is 0 Å². The molecule has 2 heterocycles. The summed E-state index contributed by atoms with van der Waals surface area (Å²) in [6.45, 7) is 9.40. The Hall–Kier alpha value is -1.20. The van der Waals surface area contributed by atoms with Gasteiger partial charge >= 0.3 is 0 Å². The first-order valence-electron chi connectivity index (χ1n) is 6.08. The van der Waals surface area contributed by atoms with Crippen LogP contribution < -0.4 is 10.6 Å². The number of aryl methyl sites for hydroxylation is 2. The fourth-order valence-corrected chi connectivity index (χ4v) is 2.71. The monoisotopic (exact) mass is 264 g/mol. The largest absolute Gasteiger partial charge is 0.368 e. The van der Waals surface area contributed by atoms with Gasteiger partial charge in [-0.25, -0.2) is 9.97 Å². The van der Waals surface area contributed by atoms with Crippen LogP contribution in [-0.2, 0) is 0 Å². The molecule has 0 spiro atoms. The summed E-state index contributed by atoms with van der Waals surface area (Å²) in [6, 6.07) is 0. The summed E-state index contributed by atoms with van der Waals surface area (Å²) >= 11 is 1.73. The Bertz CT molecular complexity index is 559. The van der Waals surface area contributed by atoms with Gasteiger partial charge in [-0.1, -0.05) is 0 Å². The first-order valence-corrected chi connectivity index (χ1v) is 6.90. The van der Waals surface area contributed by atoms with Crippen LogP contribution in [0.3, 0.4) is 0 Å². The Morgan fingerprint density at radius 2 is 2.00 bits per heavy atom. The molecule has 0 saturated heterocycles. The number of hydrogen-bond acceptors (Lipinski definition) is 5. The maximum Gasteiger partial charge on any atom is 0.138 e. The Morgan fingerprint density at radius 1 is 1.28 bits per heavy atom. The minimum Gasteiger partial charge on any atom is -0.368 e. The van der Waals surface area contributed by atoms with Crippen molar-refractivity contribution in [3.05, 3.63) is 16.8 Å². The molecular formula is C13H20N4S. The lowest BCUT2D eigenvalue weighted by atomic mass is 10.1. The highest BCUT2D eigenvalue weighted by atomic mass is 32.1. The second kappa shape index (κ2) is 4.82. The maximum absolute atomic E-state index is 4.38. The van der Waals surface area contributed by atoms with E-state index in [1.165, 1.54) is 10.4 Å². The zero-order valence-corrected chi connectivity index (χ0v) is 12.4. The molecule has 2 N–H and O–H groups in total. The zero-order chi connectivity index (χ0) is 13.3. The molecule has 2 aromatic heterocycles. The highest BCUT2D eigenvalue weighted by molar-refractivity contribution is 7.18. The first kappa shape index (κ1) is 13.2. The van der Waals surface area contributed by atoms with Crippen molar-refractivity contribution in [2.24, 2.45) is 0 Å². The van der Waals surface area contributed by atoms with Crippen LogP contribution >= 0.6 is 11.3 Å². The molecule has 0 aliphatic carbocycles. The van der Waals surface area contributed by atoms with Crippen LogP contribution in [0.5, 0.6) is 0 Å². The normalized spacial score (nSPS) is 12.1. The molecule has 0 aliphatic heterocycles. The van der Waals surface area contributed by atoms with Crippen LogP contribution in [0.1, 0.15) is 24.3 Å². The molecular weight excluding hydrogens is 244 g/mol. The third-order valence-electron chi connectivity index (χ3n) is 3.34. The molecule has 0 unspecified atom stereocenters. The molecule has 0 atom stereocenters. The van der Waals surface area contributed by atoms with Crippen LogP contribution in [0.2, 0.25) is 0 Å². The molecule has 18 heavy (non-hydrogen) atoms. The van der Waals surface area contributed by atoms with Crippen molar-refractivity contribution in [2.45, 2.75) is 33.2 Å². The Labute approximate surface area is 112 Å². The molecule has 0 amide bonds. The summed E-state index contributed by atoms with van der Waals surface area (Å²) < 4.78 is 0. The van der Waals surface area contributed by atoms with Crippen molar-refractivity contribution >= 4 is 27.4 Å². The van der Waals surface area contributed by atoms with Crippen LogP contribution in [0.15, 0.2) is 6.33 Å². The summed E-state index contributed by atoms with van der Waals surface area (Å²) in [5.41, 5.74) is 1.32. The van der Waals surface area contributed by atoms with E-state index < -0.39 is 0 Å². The number of thiophene rings is 1. The van der Waals surface area contributed by atoms with Crippen LogP contribution in [-0.4, -0.2) is 29.1 Å². The van der Waals surface area contributed by atoms with Gasteiger partial charge in [0.15, 0.2) is 0 Å². The minimum absolute atomic E-state index is 0.0379. The molecule has 4 nitrogen and oxygen atoms in total. The second-order valence-electron chi connectivity index (χ2n) is 5.17. The number of anilines is 1. The van der Waals surface area contributed by atoms with E-state index in [0.717, 1.165) is 22.6 Å². The Morgan fingerprint density at radius 3 is 2.67 bits per heavy atom. The lowest BCUT2D eigenvalue weighted by Crippen LogP contribution is -2.42. The Balaban J connectivity index is 2.34. The van der Waals surface area contributed by atoms with E-state index >= 15 is 0 Å². The topological polar surface area (TPSA) is 49.8 Å². The second-order valence-corrected chi connectivity index (χ2v) is 6.38. The number of fused-ring (bicyclic) bond motifs is 1. The summed E-state index contributed by atoms with van der Waals surface area (Å²) in [5.74, 6) is 0.935. The average molecular weight is 264 g/mol. The van der Waals surface area contributed by atoms with Crippen LogP contribution in [0.25, 0.3) is 10.2 Å². The summed E-state index contributed by atoms with van der Waals surface area (Å²) in [7, 11) is 1.97. The van der Waals surface area contributed by atoms with Crippen molar-refractivity contribution in [2.75, 3.05) is 18.9 Å². The number of nitrogens with zero attached hydrogens (tertiary/aromatic N) is 2. The summed E-state index contributed by atoms with van der Waals surface area (Å²) in [4.78, 5) is 11.1. The molecule has 0 bridgehead atoms. The van der Waals surface area contributed by atoms with Crippen molar-refractivity contribution in [3.63, 3.8) is 0 Å². The Kier molecular flexibility index (Phi) is 3.54. The van der Waals surface area contributed by atoms with Gasteiger partial charge in [0.05, 0.1) is 5.39 Å². The average Bonchev–Trinajstić information content (AvgIpc) is 2.63. The lowest BCUT2D eigenvalue weighted by Gasteiger charge is -2.24. The standard InChI is InChI=1S/C13H20N4S/c1-8-9(2)18-12-10(8)11(16-7-17-12)15-6-13(3,4)14-5/h7,14H,6H2,1-5H3,(H,15,16,17). The fourth-order valence-electron chi connectivity index (χ4n) is 1.71. The number of rotatable bonds is 4. The zero-order valence-electron chi connectivity index (χ0n) is 11.6. The minimum atomic E-state index is 0.0379. The van der Waals surface area contributed by atoms with E-state index in [1.54, 1.807) is 17.7 Å². The predicted octanol–water partition coefficient (Wildman–Crippen LogP) is 2.72. The summed E-state index contributed by atoms with van der Waals surface area (Å²) in [6.07, 6.45) is 1.63. The first-order chi connectivity index (χ1) is 8.44. The third kappa shape index (κ3) is 2.47. The molecule has 98 valence electrons. The van der Waals surface area contributed by atoms with E-state index in [0.29, 0.717) is 0 Å². The third-order valence-corrected chi connectivity index (χ3v) is 4.46. The molecule has 2 rings (SSSR count). The van der Waals surface area contributed by atoms with E-state index in [-0.39, 0.29) is 5.54 Å². The van der Waals surface area contributed by atoms with Gasteiger partial charge in [0, 0.05) is 17.0 Å². The van der Waals surface area contributed by atoms with Crippen molar-refractivity contribution in [1.29, 1.82) is 0 Å². The SMILES string of the molecule is CNC(C)(C)CNc1ncnc2sc(C)c(C)c12. The van der Waals surface area contributed by atoms with Gasteiger partial charge in [-0.2, -0.15) is 0 Å². The quantitative estimate of drug-likeness (QED) is 0.891. The fraction of sp³-hybridized carbons (Fsp3) is 0.538. The number of nitrogens with one attached hydrogen (secondary N) is 2. The molecule has 0 aliphatic rings. The molecule has 2 aromatic rings. The predicted molar refractivity (Wildman–Crippen MR) is 78.5 cm³/mol. The van der Waals surface area contributed by atoms with Crippen molar-refractivity contribution < 1.29 is 0 Å². The van der Waals surface area contributed by atoms with E-state index in [9.17, 15) is 0 Å². The highest BCUT2D eigenvalue weighted by Crippen LogP contribution is 2.32. The van der Waals surface area contributed by atoms with Gasteiger partial charge in [0.2, 0.25) is 0 Å². The number of hydrogen-bond donors (Lipinski definition) is 2. The number of aromatic nitrogens is 2. The van der Waals surface area contributed by atoms with Gasteiger partial charge in [-0.05, 0) is 40.3 Å².